The molecule has 3 aliphatic heterocycles. The first kappa shape index (κ1) is 28.7. The second kappa shape index (κ2) is 10.4. The van der Waals surface area contributed by atoms with Crippen molar-refractivity contribution in [3.63, 3.8) is 0 Å². The molecule has 3 fully saturated rings. The Labute approximate surface area is 239 Å². The summed E-state index contributed by atoms with van der Waals surface area (Å²) in [5, 5.41) is 3.59. The predicted octanol–water partition coefficient (Wildman–Crippen LogP) is 4.28. The monoisotopic (exact) mass is 592 g/mol. The molecule has 3 saturated heterocycles. The van der Waals surface area contributed by atoms with Gasteiger partial charge in [-0.05, 0) is 57.8 Å². The third kappa shape index (κ3) is 4.87. The molecule has 3 aromatic heterocycles. The number of anilines is 2. The van der Waals surface area contributed by atoms with Gasteiger partial charge in [0.05, 0.1) is 16.5 Å². The summed E-state index contributed by atoms with van der Waals surface area (Å²) in [6, 6.07) is 1.04. The fraction of sp³-hybridized carbons (Fsp3) is 0.571. The molecule has 226 valence electrons. The van der Waals surface area contributed by atoms with Crippen LogP contribution in [0.15, 0.2) is 12.3 Å². The Morgan fingerprint density at radius 2 is 2.02 bits per heavy atom. The normalized spacial score (nSPS) is 26.2. The molecule has 6 rings (SSSR count). The Morgan fingerprint density at radius 1 is 1.24 bits per heavy atom. The number of nitrogens with one attached hydrogen (secondary N) is 1. The third-order valence-electron chi connectivity index (χ3n) is 8.93. The van der Waals surface area contributed by atoms with Gasteiger partial charge < -0.3 is 20.7 Å². The lowest BCUT2D eigenvalue weighted by Gasteiger charge is -2.31. The van der Waals surface area contributed by atoms with Gasteiger partial charge in [0.1, 0.15) is 41.3 Å². The van der Waals surface area contributed by atoms with Crippen molar-refractivity contribution in [2.75, 3.05) is 43.9 Å². The first-order valence-corrected chi connectivity index (χ1v) is 14.1. The highest BCUT2D eigenvalue weighted by Crippen LogP contribution is 2.42. The highest BCUT2D eigenvalue weighted by Gasteiger charge is 2.49. The maximum absolute atomic E-state index is 16.3. The predicted molar refractivity (Wildman–Crippen MR) is 147 cm³/mol. The number of alkyl halides is 4. The van der Waals surface area contributed by atoms with E-state index in [1.807, 2.05) is 18.9 Å². The molecular formula is C28H33F5N8O. The van der Waals surface area contributed by atoms with Crippen molar-refractivity contribution in [3.05, 3.63) is 29.2 Å². The second-order valence-corrected chi connectivity index (χ2v) is 11.7. The largest absolute Gasteiger partial charge is 0.461 e. The molecular weight excluding hydrogens is 559 g/mol. The third-order valence-corrected chi connectivity index (χ3v) is 8.93. The molecule has 3 N–H and O–H groups in total. The number of rotatable bonds is 6. The zero-order valence-corrected chi connectivity index (χ0v) is 23.6. The topological polar surface area (TPSA) is 105 Å². The fourth-order valence-electron chi connectivity index (χ4n) is 6.93. The lowest BCUT2D eigenvalue weighted by molar-refractivity contribution is -0.137. The summed E-state index contributed by atoms with van der Waals surface area (Å²) in [5.41, 5.74) is 2.34. The van der Waals surface area contributed by atoms with Crippen molar-refractivity contribution in [2.45, 2.75) is 69.5 Å². The molecule has 0 bridgehead atoms. The van der Waals surface area contributed by atoms with Crippen LogP contribution in [-0.2, 0) is 6.18 Å². The van der Waals surface area contributed by atoms with E-state index < -0.39 is 40.7 Å². The van der Waals surface area contributed by atoms with Crippen LogP contribution in [0.3, 0.4) is 0 Å². The van der Waals surface area contributed by atoms with Gasteiger partial charge in [0.25, 0.3) is 0 Å². The van der Waals surface area contributed by atoms with Crippen LogP contribution in [0.1, 0.15) is 43.7 Å². The number of aryl methyl sites for hydroxylation is 1. The molecule has 6 heterocycles. The number of fused-ring (bicyclic) bond motifs is 2. The Balaban J connectivity index is 1.48. The molecule has 0 unspecified atom stereocenters. The minimum Gasteiger partial charge on any atom is -0.461 e. The molecule has 0 amide bonds. The zero-order valence-electron chi connectivity index (χ0n) is 23.6. The summed E-state index contributed by atoms with van der Waals surface area (Å²) in [4.78, 5) is 20.9. The van der Waals surface area contributed by atoms with Crippen LogP contribution < -0.4 is 20.7 Å². The average Bonchev–Trinajstić information content (AvgIpc) is 3.59. The van der Waals surface area contributed by atoms with Crippen molar-refractivity contribution in [2.24, 2.45) is 0 Å². The van der Waals surface area contributed by atoms with E-state index in [2.05, 4.69) is 30.2 Å². The zero-order chi connectivity index (χ0) is 30.0. The van der Waals surface area contributed by atoms with E-state index in [-0.39, 0.29) is 47.0 Å². The van der Waals surface area contributed by atoms with Crippen LogP contribution in [0.25, 0.3) is 22.3 Å². The van der Waals surface area contributed by atoms with Crippen molar-refractivity contribution in [1.82, 2.24) is 30.2 Å². The molecule has 0 spiro atoms. The summed E-state index contributed by atoms with van der Waals surface area (Å²) >= 11 is 0. The van der Waals surface area contributed by atoms with Crippen LogP contribution in [0.5, 0.6) is 6.01 Å². The van der Waals surface area contributed by atoms with E-state index in [1.165, 1.54) is 13.1 Å². The molecule has 3 aromatic rings. The van der Waals surface area contributed by atoms with E-state index in [0.717, 1.165) is 38.4 Å². The van der Waals surface area contributed by atoms with E-state index in [0.29, 0.717) is 18.8 Å². The molecule has 0 aromatic carbocycles. The maximum Gasteiger partial charge on any atom is 0.418 e. The number of hydrogen-bond donors (Lipinski definition) is 2. The molecule has 9 nitrogen and oxygen atoms in total. The van der Waals surface area contributed by atoms with Gasteiger partial charge >= 0.3 is 12.2 Å². The summed E-state index contributed by atoms with van der Waals surface area (Å²) in [6.07, 6.45) is -1.75. The molecule has 14 heteroatoms. The standard InChI is InChI=1S/C28H33F5N8O/c1-14-9-19(34)37-23(20(14)28(31,32)33)24-21(30)22-17(11-36-24)25(40(3)18-5-7-35-15(18)2)39-26(38-22)42-13-27-6-4-8-41(27)12-16(29)10-27/h9,11,15-16,18,35H,4-8,10,12-13H2,1-3H3,(H2,34,37)/t15-,16-,18-,27+/m1/s1. The summed E-state index contributed by atoms with van der Waals surface area (Å²) < 4.78 is 79.0. The lowest BCUT2D eigenvalue weighted by atomic mass is 9.95. The molecule has 0 saturated carbocycles. The number of likely N-dealkylation sites (N-methyl/N-ethyl adjacent to an activating group) is 1. The van der Waals surface area contributed by atoms with Gasteiger partial charge in [-0.15, -0.1) is 0 Å². The highest BCUT2D eigenvalue weighted by atomic mass is 19.4. The number of nitrogen functional groups attached to an aromatic ring is 1. The van der Waals surface area contributed by atoms with E-state index in [1.54, 1.807) is 0 Å². The van der Waals surface area contributed by atoms with Crippen molar-refractivity contribution in [3.8, 4) is 17.4 Å². The van der Waals surface area contributed by atoms with Gasteiger partial charge in [0.15, 0.2) is 5.82 Å². The number of nitrogens with two attached hydrogens (primary N) is 1. The van der Waals surface area contributed by atoms with Crippen molar-refractivity contribution in [1.29, 1.82) is 0 Å². The number of nitrogens with zero attached hydrogens (tertiary/aromatic N) is 6. The van der Waals surface area contributed by atoms with Crippen LogP contribution in [0, 0.1) is 12.7 Å². The van der Waals surface area contributed by atoms with Crippen LogP contribution in [0.4, 0.5) is 33.6 Å². The molecule has 0 radical (unpaired) electrons. The number of hydrogen-bond acceptors (Lipinski definition) is 9. The number of halogens is 5. The minimum absolute atomic E-state index is 0.000182. The number of aromatic nitrogens is 4. The lowest BCUT2D eigenvalue weighted by Crippen LogP contribution is -2.43. The van der Waals surface area contributed by atoms with Crippen molar-refractivity contribution >= 4 is 22.5 Å². The van der Waals surface area contributed by atoms with Gasteiger partial charge in [-0.25, -0.2) is 13.8 Å². The Kier molecular flexibility index (Phi) is 7.11. The highest BCUT2D eigenvalue weighted by molar-refractivity contribution is 5.92. The Hall–Kier alpha value is -3.39. The Morgan fingerprint density at radius 3 is 2.74 bits per heavy atom. The summed E-state index contributed by atoms with van der Waals surface area (Å²) in [7, 11) is 1.82. The SMILES string of the molecule is Cc1cc(N)nc(-c2ncc3c(N(C)[C@@H]4CCN[C@@H]4C)nc(OC[C@@]45CCCN4C[C@H](F)C5)nc3c2F)c1C(F)(F)F. The van der Waals surface area contributed by atoms with Crippen LogP contribution >= 0.6 is 0 Å². The van der Waals surface area contributed by atoms with Gasteiger partial charge in [0, 0.05) is 38.3 Å². The van der Waals surface area contributed by atoms with E-state index in [9.17, 15) is 17.6 Å². The minimum atomic E-state index is -4.83. The van der Waals surface area contributed by atoms with Crippen LogP contribution in [0.2, 0.25) is 0 Å². The van der Waals surface area contributed by atoms with E-state index in [4.69, 9.17) is 10.5 Å². The van der Waals surface area contributed by atoms with Gasteiger partial charge in [0.2, 0.25) is 0 Å². The summed E-state index contributed by atoms with van der Waals surface area (Å²) in [6.45, 7) is 5.25. The summed E-state index contributed by atoms with van der Waals surface area (Å²) in [5.74, 6) is -0.966. The molecule has 3 aliphatic rings. The average molecular weight is 593 g/mol. The Bertz CT molecular complexity index is 1520. The quantitative estimate of drug-likeness (QED) is 0.406. The molecule has 4 atom stereocenters. The van der Waals surface area contributed by atoms with Gasteiger partial charge in [-0.1, -0.05) is 0 Å². The molecule has 0 aliphatic carbocycles. The number of ether oxygens (including phenoxy) is 1. The second-order valence-electron chi connectivity index (χ2n) is 11.7. The van der Waals surface area contributed by atoms with Gasteiger partial charge in [-0.2, -0.15) is 23.1 Å². The first-order chi connectivity index (χ1) is 19.9. The number of pyridine rings is 2. The van der Waals surface area contributed by atoms with Crippen molar-refractivity contribution < 1.29 is 26.7 Å². The molecule has 42 heavy (non-hydrogen) atoms. The van der Waals surface area contributed by atoms with Gasteiger partial charge in [-0.3, -0.25) is 9.88 Å². The van der Waals surface area contributed by atoms with Crippen LogP contribution in [-0.4, -0.2) is 81.9 Å². The fourth-order valence-corrected chi connectivity index (χ4v) is 6.93. The smallest absolute Gasteiger partial charge is 0.418 e. The first-order valence-electron chi connectivity index (χ1n) is 14.1. The van der Waals surface area contributed by atoms with E-state index >= 15 is 4.39 Å². The maximum atomic E-state index is 16.3.